The smallest absolute Gasteiger partial charge is 0.332 e. The molecule has 1 saturated heterocycles. The van der Waals surface area contributed by atoms with E-state index in [1.54, 1.807) is 0 Å². The molecule has 0 bridgehead atoms. The SMILES string of the molecule is Cn1c(=O)cc(N2CCCC(N)C2)n(Cc2cc(F)ccc2Cl)c1=O. The van der Waals surface area contributed by atoms with E-state index in [1.807, 2.05) is 4.90 Å². The Kier molecular flexibility index (Phi) is 4.96. The predicted molar refractivity (Wildman–Crippen MR) is 95.9 cm³/mol. The molecule has 0 aliphatic carbocycles. The number of rotatable bonds is 3. The standard InChI is InChI=1S/C17H20ClFN4O2/c1-21-16(24)8-15(22-6-2-3-13(20)10-22)23(17(21)25)9-11-7-12(19)4-5-14(11)18/h4-5,7-8,13H,2-3,6,9-10,20H2,1H3. The maximum atomic E-state index is 13.6. The number of nitrogens with zero attached hydrogens (tertiary/aromatic N) is 3. The molecule has 2 heterocycles. The second-order valence-corrected chi connectivity index (χ2v) is 6.76. The van der Waals surface area contributed by atoms with Crippen LogP contribution in [0.3, 0.4) is 0 Å². The zero-order chi connectivity index (χ0) is 18.1. The molecule has 0 spiro atoms. The first-order chi connectivity index (χ1) is 11.9. The summed E-state index contributed by atoms with van der Waals surface area (Å²) in [5.41, 5.74) is 5.65. The van der Waals surface area contributed by atoms with Gasteiger partial charge in [0.05, 0.1) is 6.54 Å². The molecule has 1 aliphatic heterocycles. The van der Waals surface area contributed by atoms with E-state index in [2.05, 4.69) is 0 Å². The zero-order valence-corrected chi connectivity index (χ0v) is 14.7. The van der Waals surface area contributed by atoms with Gasteiger partial charge in [-0.15, -0.1) is 0 Å². The van der Waals surface area contributed by atoms with Gasteiger partial charge in [-0.25, -0.2) is 9.18 Å². The van der Waals surface area contributed by atoms with Crippen LogP contribution in [0.1, 0.15) is 18.4 Å². The third-order valence-electron chi connectivity index (χ3n) is 4.50. The topological polar surface area (TPSA) is 73.3 Å². The lowest BCUT2D eigenvalue weighted by Gasteiger charge is -2.34. The minimum absolute atomic E-state index is 0.0147. The van der Waals surface area contributed by atoms with Gasteiger partial charge in [-0.2, -0.15) is 0 Å². The van der Waals surface area contributed by atoms with Crippen molar-refractivity contribution in [1.82, 2.24) is 9.13 Å². The van der Waals surface area contributed by atoms with E-state index in [0.29, 0.717) is 29.5 Å². The first-order valence-electron chi connectivity index (χ1n) is 8.12. The Hall–Kier alpha value is -2.12. The van der Waals surface area contributed by atoms with Crippen molar-refractivity contribution in [2.24, 2.45) is 12.8 Å². The van der Waals surface area contributed by atoms with E-state index in [0.717, 1.165) is 17.4 Å². The average Bonchev–Trinajstić information content (AvgIpc) is 2.58. The van der Waals surface area contributed by atoms with Crippen molar-refractivity contribution >= 4 is 17.4 Å². The van der Waals surface area contributed by atoms with Gasteiger partial charge in [0.15, 0.2) is 0 Å². The van der Waals surface area contributed by atoms with Crippen molar-refractivity contribution in [3.8, 4) is 0 Å². The van der Waals surface area contributed by atoms with Crippen LogP contribution in [-0.2, 0) is 13.6 Å². The summed E-state index contributed by atoms with van der Waals surface area (Å²) in [6.07, 6.45) is 1.78. The summed E-state index contributed by atoms with van der Waals surface area (Å²) in [5.74, 6) is 0.0578. The van der Waals surface area contributed by atoms with Gasteiger partial charge >= 0.3 is 5.69 Å². The maximum absolute atomic E-state index is 13.6. The quantitative estimate of drug-likeness (QED) is 0.889. The molecule has 25 heavy (non-hydrogen) atoms. The van der Waals surface area contributed by atoms with Crippen molar-refractivity contribution in [3.63, 3.8) is 0 Å². The van der Waals surface area contributed by atoms with E-state index in [1.165, 1.54) is 35.9 Å². The molecule has 1 fully saturated rings. The van der Waals surface area contributed by atoms with Gasteiger partial charge in [0.2, 0.25) is 0 Å². The van der Waals surface area contributed by atoms with Gasteiger partial charge in [0.25, 0.3) is 5.56 Å². The molecule has 0 saturated carbocycles. The van der Waals surface area contributed by atoms with Crippen LogP contribution in [0.25, 0.3) is 0 Å². The van der Waals surface area contributed by atoms with Crippen LogP contribution in [0.15, 0.2) is 33.9 Å². The van der Waals surface area contributed by atoms with Crippen LogP contribution in [0.5, 0.6) is 0 Å². The highest BCUT2D eigenvalue weighted by Crippen LogP contribution is 2.22. The second-order valence-electron chi connectivity index (χ2n) is 6.35. The lowest BCUT2D eigenvalue weighted by molar-refractivity contribution is 0.491. The van der Waals surface area contributed by atoms with Gasteiger partial charge < -0.3 is 10.6 Å². The Morgan fingerprint density at radius 2 is 2.08 bits per heavy atom. The Labute approximate surface area is 149 Å². The minimum atomic E-state index is -0.470. The molecule has 2 N–H and O–H groups in total. The highest BCUT2D eigenvalue weighted by Gasteiger charge is 2.22. The monoisotopic (exact) mass is 366 g/mol. The fraction of sp³-hybridized carbons (Fsp3) is 0.412. The molecule has 1 aromatic carbocycles. The predicted octanol–water partition coefficient (Wildman–Crippen LogP) is 1.32. The van der Waals surface area contributed by atoms with Crippen molar-refractivity contribution in [3.05, 3.63) is 61.5 Å². The molecule has 2 aromatic rings. The number of halogens is 2. The first kappa shape index (κ1) is 17.7. The largest absolute Gasteiger partial charge is 0.356 e. The van der Waals surface area contributed by atoms with Crippen LogP contribution < -0.4 is 21.9 Å². The van der Waals surface area contributed by atoms with Crippen LogP contribution in [0, 0.1) is 5.82 Å². The summed E-state index contributed by atoms with van der Waals surface area (Å²) >= 11 is 6.15. The Bertz CT molecular complexity index is 908. The molecule has 1 aliphatic rings. The molecule has 1 unspecified atom stereocenters. The molecular formula is C17H20ClFN4O2. The van der Waals surface area contributed by atoms with Crippen LogP contribution in [0.2, 0.25) is 5.02 Å². The molecule has 6 nitrogen and oxygen atoms in total. The maximum Gasteiger partial charge on any atom is 0.332 e. The van der Waals surface area contributed by atoms with Crippen molar-refractivity contribution in [1.29, 1.82) is 0 Å². The summed E-state index contributed by atoms with van der Waals surface area (Å²) in [5, 5.41) is 0.364. The van der Waals surface area contributed by atoms with Gasteiger partial charge in [0, 0.05) is 37.3 Å². The van der Waals surface area contributed by atoms with E-state index in [9.17, 15) is 14.0 Å². The minimum Gasteiger partial charge on any atom is -0.356 e. The van der Waals surface area contributed by atoms with Crippen molar-refractivity contribution in [2.45, 2.75) is 25.4 Å². The molecule has 0 radical (unpaired) electrons. The molecule has 8 heteroatoms. The van der Waals surface area contributed by atoms with E-state index in [-0.39, 0.29) is 18.1 Å². The molecule has 134 valence electrons. The molecule has 1 aromatic heterocycles. The van der Waals surface area contributed by atoms with E-state index in [4.69, 9.17) is 17.3 Å². The number of hydrogen-bond donors (Lipinski definition) is 1. The third-order valence-corrected chi connectivity index (χ3v) is 4.86. The number of nitrogens with two attached hydrogens (primary N) is 1. The van der Waals surface area contributed by atoms with Crippen LogP contribution >= 0.6 is 11.6 Å². The molecular weight excluding hydrogens is 347 g/mol. The van der Waals surface area contributed by atoms with E-state index >= 15 is 0 Å². The summed E-state index contributed by atoms with van der Waals surface area (Å²) in [6, 6.07) is 5.42. The van der Waals surface area contributed by atoms with E-state index < -0.39 is 11.5 Å². The average molecular weight is 367 g/mol. The van der Waals surface area contributed by atoms with Crippen molar-refractivity contribution < 1.29 is 4.39 Å². The Balaban J connectivity index is 2.10. The fourth-order valence-corrected chi connectivity index (χ4v) is 3.30. The molecule has 1 atom stereocenters. The van der Waals surface area contributed by atoms with Gasteiger partial charge in [0.1, 0.15) is 11.6 Å². The van der Waals surface area contributed by atoms with Crippen molar-refractivity contribution in [2.75, 3.05) is 18.0 Å². The van der Waals surface area contributed by atoms with Gasteiger partial charge in [-0.05, 0) is 36.6 Å². The first-order valence-corrected chi connectivity index (χ1v) is 8.50. The van der Waals surface area contributed by atoms with Crippen LogP contribution in [-0.4, -0.2) is 28.3 Å². The Morgan fingerprint density at radius 3 is 2.80 bits per heavy atom. The number of aromatic nitrogens is 2. The number of hydrogen-bond acceptors (Lipinski definition) is 4. The number of piperidine rings is 1. The second kappa shape index (κ2) is 7.01. The summed E-state index contributed by atoms with van der Waals surface area (Å²) in [7, 11) is 1.42. The lowest BCUT2D eigenvalue weighted by atomic mass is 10.1. The van der Waals surface area contributed by atoms with Crippen LogP contribution in [0.4, 0.5) is 10.2 Å². The summed E-state index contributed by atoms with van der Waals surface area (Å²) in [6.45, 7) is 1.34. The summed E-state index contributed by atoms with van der Waals surface area (Å²) < 4.78 is 16.0. The third kappa shape index (κ3) is 3.62. The normalized spacial score (nSPS) is 17.8. The lowest BCUT2D eigenvalue weighted by Crippen LogP contribution is -2.47. The zero-order valence-electron chi connectivity index (χ0n) is 13.9. The highest BCUT2D eigenvalue weighted by atomic mass is 35.5. The van der Waals surface area contributed by atoms with Gasteiger partial charge in [-0.3, -0.25) is 13.9 Å². The molecule has 3 rings (SSSR count). The summed E-state index contributed by atoms with van der Waals surface area (Å²) in [4.78, 5) is 26.7. The molecule has 0 amide bonds. The highest BCUT2D eigenvalue weighted by molar-refractivity contribution is 6.31. The van der Waals surface area contributed by atoms with Gasteiger partial charge in [-0.1, -0.05) is 11.6 Å². The number of benzene rings is 1. The Morgan fingerprint density at radius 1 is 1.32 bits per heavy atom. The fourth-order valence-electron chi connectivity index (χ4n) is 3.12. The number of anilines is 1.